The molecule has 0 unspecified atom stereocenters. The summed E-state index contributed by atoms with van der Waals surface area (Å²) in [6, 6.07) is 14.2. The second-order valence-electron chi connectivity index (χ2n) is 10.2. The zero-order valence-corrected chi connectivity index (χ0v) is 25.6. The molecular formula is C29H36N4O7S2. The standard InChI is InChI=1S/C29H36N4O7S2/c1-19-16-33(20(2)18-34)27(35)15-21-14-23(31-29(36)30-22-7-10-24(39-4)11-8-22)9-12-25(21)40-26(19)17-32(3)42(37,38)28-6-5-13-41-28/h5-14,19-20,26,34H,15-18H2,1-4H3,(H2,30,31,36)/t19-,20-,26-/m1/s1. The van der Waals surface area contributed by atoms with E-state index in [4.69, 9.17) is 9.47 Å². The van der Waals surface area contributed by atoms with Crippen LogP contribution in [0.4, 0.5) is 16.2 Å². The third kappa shape index (κ3) is 7.40. The molecule has 2 aromatic carbocycles. The van der Waals surface area contributed by atoms with Gasteiger partial charge in [-0.15, -0.1) is 11.3 Å². The topological polar surface area (TPSA) is 138 Å². The highest BCUT2D eigenvalue weighted by Crippen LogP contribution is 2.30. The first-order valence-corrected chi connectivity index (χ1v) is 15.8. The van der Waals surface area contributed by atoms with E-state index in [0.717, 1.165) is 11.3 Å². The Morgan fingerprint density at radius 1 is 1.19 bits per heavy atom. The molecule has 0 spiro atoms. The van der Waals surface area contributed by atoms with E-state index in [1.54, 1.807) is 78.9 Å². The number of hydrogen-bond donors (Lipinski definition) is 3. The van der Waals surface area contributed by atoms with Gasteiger partial charge in [-0.1, -0.05) is 13.0 Å². The Hall–Kier alpha value is -3.65. The second kappa shape index (κ2) is 13.6. The van der Waals surface area contributed by atoms with Gasteiger partial charge in [0.15, 0.2) is 0 Å². The van der Waals surface area contributed by atoms with Gasteiger partial charge in [-0.3, -0.25) is 4.79 Å². The summed E-state index contributed by atoms with van der Waals surface area (Å²) in [4.78, 5) is 27.7. The number of methoxy groups -OCH3 is 1. The smallest absolute Gasteiger partial charge is 0.323 e. The second-order valence-corrected chi connectivity index (χ2v) is 13.5. The lowest BCUT2D eigenvalue weighted by molar-refractivity contribution is -0.134. The zero-order chi connectivity index (χ0) is 30.4. The van der Waals surface area contributed by atoms with Gasteiger partial charge in [0.05, 0.1) is 32.7 Å². The van der Waals surface area contributed by atoms with Crippen molar-refractivity contribution < 1.29 is 32.6 Å². The predicted molar refractivity (Wildman–Crippen MR) is 162 cm³/mol. The molecule has 226 valence electrons. The molecule has 11 nitrogen and oxygen atoms in total. The number of rotatable bonds is 9. The molecule has 1 aromatic heterocycles. The number of thiophene rings is 1. The van der Waals surface area contributed by atoms with E-state index >= 15 is 0 Å². The number of nitrogens with one attached hydrogen (secondary N) is 2. The largest absolute Gasteiger partial charge is 0.497 e. The van der Waals surface area contributed by atoms with Crippen molar-refractivity contribution >= 4 is 44.7 Å². The number of carbonyl (C=O) groups is 2. The Balaban J connectivity index is 1.59. The fourth-order valence-electron chi connectivity index (χ4n) is 4.61. The van der Waals surface area contributed by atoms with Gasteiger partial charge >= 0.3 is 6.03 Å². The molecule has 0 aliphatic carbocycles. The van der Waals surface area contributed by atoms with Crippen LogP contribution < -0.4 is 20.1 Å². The summed E-state index contributed by atoms with van der Waals surface area (Å²) < 4.78 is 39.4. The van der Waals surface area contributed by atoms with Crippen molar-refractivity contribution in [3.8, 4) is 11.5 Å². The van der Waals surface area contributed by atoms with Crippen molar-refractivity contribution in [2.75, 3.05) is 44.5 Å². The minimum atomic E-state index is -3.73. The highest BCUT2D eigenvalue weighted by atomic mass is 32.2. The van der Waals surface area contributed by atoms with Crippen LogP contribution in [0.25, 0.3) is 0 Å². The maximum Gasteiger partial charge on any atom is 0.323 e. The van der Waals surface area contributed by atoms with E-state index in [9.17, 15) is 23.1 Å². The predicted octanol–water partition coefficient (Wildman–Crippen LogP) is 3.87. The molecule has 0 saturated heterocycles. The van der Waals surface area contributed by atoms with Crippen LogP contribution in [0.2, 0.25) is 0 Å². The monoisotopic (exact) mass is 616 g/mol. The van der Waals surface area contributed by atoms with Crippen molar-refractivity contribution in [2.45, 2.75) is 36.6 Å². The molecule has 3 atom stereocenters. The van der Waals surface area contributed by atoms with Crippen LogP contribution in [0.3, 0.4) is 0 Å². The van der Waals surface area contributed by atoms with Gasteiger partial charge in [0.25, 0.3) is 10.0 Å². The van der Waals surface area contributed by atoms with Gasteiger partial charge in [-0.2, -0.15) is 4.31 Å². The number of sulfonamides is 1. The minimum absolute atomic E-state index is 0.0297. The van der Waals surface area contributed by atoms with E-state index < -0.39 is 28.2 Å². The fraction of sp³-hybridized carbons (Fsp3) is 0.379. The molecule has 0 radical (unpaired) electrons. The van der Waals surface area contributed by atoms with Gasteiger partial charge in [-0.25, -0.2) is 13.2 Å². The number of carbonyl (C=O) groups excluding carboxylic acids is 2. The number of likely N-dealkylation sites (N-methyl/N-ethyl adjacent to an activating group) is 1. The zero-order valence-electron chi connectivity index (χ0n) is 23.9. The number of fused-ring (bicyclic) bond motifs is 1. The van der Waals surface area contributed by atoms with Gasteiger partial charge in [0.1, 0.15) is 21.8 Å². The molecule has 0 saturated carbocycles. The normalized spacial score (nSPS) is 18.2. The number of benzene rings is 2. The number of hydrogen-bond acceptors (Lipinski definition) is 8. The Kier molecular flexibility index (Phi) is 10.1. The molecule has 42 heavy (non-hydrogen) atoms. The number of anilines is 2. The molecule has 2 heterocycles. The maximum absolute atomic E-state index is 13.4. The summed E-state index contributed by atoms with van der Waals surface area (Å²) in [5, 5.41) is 17.1. The Morgan fingerprint density at radius 3 is 2.52 bits per heavy atom. The first-order valence-electron chi connectivity index (χ1n) is 13.4. The summed E-state index contributed by atoms with van der Waals surface area (Å²) >= 11 is 1.14. The summed E-state index contributed by atoms with van der Waals surface area (Å²) in [5.41, 5.74) is 1.54. The lowest BCUT2D eigenvalue weighted by Gasteiger charge is -2.33. The lowest BCUT2D eigenvalue weighted by atomic mass is 10.0. The molecule has 0 fully saturated rings. The Morgan fingerprint density at radius 2 is 1.88 bits per heavy atom. The van der Waals surface area contributed by atoms with Crippen LogP contribution in [-0.2, 0) is 21.2 Å². The highest BCUT2D eigenvalue weighted by Gasteiger charge is 2.33. The first-order chi connectivity index (χ1) is 20.0. The quantitative estimate of drug-likeness (QED) is 0.332. The summed E-state index contributed by atoms with van der Waals surface area (Å²) in [5.74, 6) is 0.591. The average Bonchev–Trinajstić information content (AvgIpc) is 3.53. The lowest BCUT2D eigenvalue weighted by Crippen LogP contribution is -2.48. The van der Waals surface area contributed by atoms with E-state index in [1.165, 1.54) is 11.4 Å². The molecule has 0 bridgehead atoms. The minimum Gasteiger partial charge on any atom is -0.497 e. The van der Waals surface area contributed by atoms with Crippen LogP contribution in [0, 0.1) is 5.92 Å². The molecule has 13 heteroatoms. The SMILES string of the molecule is COc1ccc(NC(=O)Nc2ccc3c(c2)CC(=O)N([C@H](C)CO)C[C@@H](C)[C@@H](CN(C)S(=O)(=O)c2cccs2)O3)cc1. The number of aliphatic hydroxyl groups is 1. The number of nitrogens with zero attached hydrogens (tertiary/aromatic N) is 2. The molecule has 3 N–H and O–H groups in total. The van der Waals surface area contributed by atoms with Crippen molar-refractivity contribution in [1.82, 2.24) is 9.21 Å². The van der Waals surface area contributed by atoms with Crippen LogP contribution in [0.1, 0.15) is 19.4 Å². The van der Waals surface area contributed by atoms with Gasteiger partial charge in [-0.05, 0) is 60.8 Å². The van der Waals surface area contributed by atoms with Gasteiger partial charge in [0.2, 0.25) is 5.91 Å². The molecule has 4 rings (SSSR count). The summed E-state index contributed by atoms with van der Waals surface area (Å²) in [7, 11) is -0.666. The van der Waals surface area contributed by atoms with Crippen LogP contribution in [0.15, 0.2) is 64.2 Å². The van der Waals surface area contributed by atoms with E-state index in [2.05, 4.69) is 10.6 Å². The van der Waals surface area contributed by atoms with Gasteiger partial charge in [0, 0.05) is 36.4 Å². The Bertz CT molecular complexity index is 1480. The van der Waals surface area contributed by atoms with Crippen molar-refractivity contribution in [2.24, 2.45) is 5.92 Å². The maximum atomic E-state index is 13.4. The number of ether oxygens (including phenoxy) is 2. The van der Waals surface area contributed by atoms with Crippen molar-refractivity contribution in [1.29, 1.82) is 0 Å². The highest BCUT2D eigenvalue weighted by molar-refractivity contribution is 7.91. The summed E-state index contributed by atoms with van der Waals surface area (Å²) in [6.07, 6.45) is -0.641. The van der Waals surface area contributed by atoms with Crippen LogP contribution in [-0.4, -0.2) is 80.7 Å². The molecule has 1 aliphatic heterocycles. The van der Waals surface area contributed by atoms with E-state index in [-0.39, 0.29) is 42.2 Å². The van der Waals surface area contributed by atoms with Crippen LogP contribution >= 0.6 is 11.3 Å². The molecule has 1 aliphatic rings. The fourth-order valence-corrected chi connectivity index (χ4v) is 6.99. The number of urea groups is 1. The third-order valence-electron chi connectivity index (χ3n) is 7.12. The summed E-state index contributed by atoms with van der Waals surface area (Å²) in [6.45, 7) is 3.73. The van der Waals surface area contributed by atoms with Crippen LogP contribution in [0.5, 0.6) is 11.5 Å². The molecule has 3 amide bonds. The Labute approximate surface area is 250 Å². The van der Waals surface area contributed by atoms with Crippen molar-refractivity contribution in [3.05, 3.63) is 65.5 Å². The van der Waals surface area contributed by atoms with E-state index in [1.807, 2.05) is 6.92 Å². The third-order valence-corrected chi connectivity index (χ3v) is 10.3. The van der Waals surface area contributed by atoms with Crippen molar-refractivity contribution in [3.63, 3.8) is 0 Å². The molecular weight excluding hydrogens is 580 g/mol. The van der Waals surface area contributed by atoms with E-state index in [0.29, 0.717) is 28.4 Å². The number of amides is 3. The van der Waals surface area contributed by atoms with Gasteiger partial charge < -0.3 is 30.1 Å². The average molecular weight is 617 g/mol. The number of aliphatic hydroxyl groups excluding tert-OH is 1. The first kappa shape index (κ1) is 31.3. The molecule has 3 aromatic rings.